The summed E-state index contributed by atoms with van der Waals surface area (Å²) in [4.78, 5) is 24.5. The molecule has 28 heavy (non-hydrogen) atoms. The van der Waals surface area contributed by atoms with E-state index in [0.29, 0.717) is 27.4 Å². The molecule has 0 aliphatic carbocycles. The minimum Gasteiger partial charge on any atom is -0.478 e. The Balaban J connectivity index is 2.00. The number of carbonyl (C=O) groups is 2. The van der Waals surface area contributed by atoms with E-state index in [4.69, 9.17) is 4.74 Å². The Hall–Kier alpha value is -3.26. The zero-order valence-corrected chi connectivity index (χ0v) is 15.7. The number of rotatable bonds is 4. The van der Waals surface area contributed by atoms with E-state index in [1.807, 2.05) is 12.1 Å². The highest BCUT2D eigenvalue weighted by Gasteiger charge is 2.32. The minimum absolute atomic E-state index is 0.0976. The van der Waals surface area contributed by atoms with Crippen LogP contribution >= 0.6 is 0 Å². The van der Waals surface area contributed by atoms with Crippen molar-refractivity contribution in [1.82, 2.24) is 9.78 Å². The van der Waals surface area contributed by atoms with Gasteiger partial charge in [-0.2, -0.15) is 5.10 Å². The van der Waals surface area contributed by atoms with Crippen LogP contribution in [0.15, 0.2) is 53.4 Å². The summed E-state index contributed by atoms with van der Waals surface area (Å²) in [7, 11) is -1.32. The first-order valence-electron chi connectivity index (χ1n) is 8.61. The molecule has 0 amide bonds. The zero-order valence-electron chi connectivity index (χ0n) is 14.9. The lowest BCUT2D eigenvalue weighted by Gasteiger charge is -2.18. The average molecular weight is 396 g/mol. The van der Waals surface area contributed by atoms with Crippen molar-refractivity contribution in [2.45, 2.75) is 17.6 Å². The summed E-state index contributed by atoms with van der Waals surface area (Å²) < 4.78 is 19.4. The fourth-order valence-electron chi connectivity index (χ4n) is 3.25. The van der Waals surface area contributed by atoms with E-state index in [2.05, 4.69) is 5.10 Å². The molecular weight excluding hydrogens is 380 g/mol. The second-order valence-corrected chi connectivity index (χ2v) is 7.57. The molecule has 2 aromatic carbocycles. The van der Waals surface area contributed by atoms with Gasteiger partial charge >= 0.3 is 11.9 Å². The molecule has 2 heterocycles. The van der Waals surface area contributed by atoms with Gasteiger partial charge in [-0.1, -0.05) is 24.3 Å². The Morgan fingerprint density at radius 1 is 1.21 bits per heavy atom. The van der Waals surface area contributed by atoms with Gasteiger partial charge in [-0.25, -0.2) is 14.3 Å². The van der Waals surface area contributed by atoms with Gasteiger partial charge in [0.15, 0.2) is 5.69 Å². The van der Waals surface area contributed by atoms with Crippen LogP contribution in [0.4, 0.5) is 0 Å². The van der Waals surface area contributed by atoms with E-state index in [1.54, 1.807) is 31.2 Å². The maximum absolute atomic E-state index is 12.7. The van der Waals surface area contributed by atoms with Gasteiger partial charge in [0, 0.05) is 16.0 Å². The first-order valence-corrected chi connectivity index (χ1v) is 9.93. The molecule has 142 valence electrons. The van der Waals surface area contributed by atoms with Gasteiger partial charge < -0.3 is 9.84 Å². The molecule has 1 unspecified atom stereocenters. The molecule has 0 spiro atoms. The standard InChI is InChI=1S/C20H16N2O5S/c1-2-27-20(25)17-15-11-28(26)16-9-4-3-8-14(16)18(15)22(21-17)13-7-5-6-12(10-13)19(23)24/h3-10H,2,11H2,1H3,(H,23,24). The molecule has 0 bridgehead atoms. The number of aromatic nitrogens is 2. The summed E-state index contributed by atoms with van der Waals surface area (Å²) in [6.07, 6.45) is 0. The van der Waals surface area contributed by atoms with E-state index in [-0.39, 0.29) is 23.6 Å². The first-order chi connectivity index (χ1) is 13.5. The van der Waals surface area contributed by atoms with Gasteiger partial charge in [0.1, 0.15) is 0 Å². The molecule has 1 atom stereocenters. The SMILES string of the molecule is CCOC(=O)c1nn(-c2cccc(C(=O)O)c2)c2c1CS(=O)c1ccccc1-2. The van der Waals surface area contributed by atoms with Crippen LogP contribution in [0.5, 0.6) is 0 Å². The third kappa shape index (κ3) is 2.91. The summed E-state index contributed by atoms with van der Waals surface area (Å²) in [6.45, 7) is 1.89. The molecule has 1 aliphatic rings. The second-order valence-electron chi connectivity index (χ2n) is 6.15. The van der Waals surface area contributed by atoms with Crippen LogP contribution in [0.3, 0.4) is 0 Å². The number of aromatic carboxylic acids is 1. The van der Waals surface area contributed by atoms with Crippen LogP contribution in [0.25, 0.3) is 16.9 Å². The molecule has 1 aliphatic heterocycles. The predicted molar refractivity (Wildman–Crippen MR) is 102 cm³/mol. The Kier molecular flexibility index (Phi) is 4.56. The van der Waals surface area contributed by atoms with E-state index in [1.165, 1.54) is 16.8 Å². The van der Waals surface area contributed by atoms with Crippen LogP contribution in [0.2, 0.25) is 0 Å². The smallest absolute Gasteiger partial charge is 0.359 e. The lowest BCUT2D eigenvalue weighted by atomic mass is 10.1. The number of benzene rings is 2. The van der Waals surface area contributed by atoms with Crippen molar-refractivity contribution in [3.63, 3.8) is 0 Å². The third-order valence-corrected chi connectivity index (χ3v) is 5.85. The number of fused-ring (bicyclic) bond motifs is 3. The number of ether oxygens (including phenoxy) is 1. The molecule has 1 aromatic heterocycles. The monoisotopic (exact) mass is 396 g/mol. The van der Waals surface area contributed by atoms with Gasteiger partial charge in [0.2, 0.25) is 0 Å². The summed E-state index contributed by atoms with van der Waals surface area (Å²) in [5.74, 6) is -1.52. The quantitative estimate of drug-likeness (QED) is 0.681. The fourth-order valence-corrected chi connectivity index (χ4v) is 4.59. The highest BCUT2D eigenvalue weighted by molar-refractivity contribution is 7.84. The van der Waals surface area contributed by atoms with Gasteiger partial charge in [0.25, 0.3) is 0 Å². The number of carboxylic acids is 1. The highest BCUT2D eigenvalue weighted by Crippen LogP contribution is 2.39. The van der Waals surface area contributed by atoms with Crippen molar-refractivity contribution >= 4 is 22.7 Å². The topological polar surface area (TPSA) is 98.5 Å². The van der Waals surface area contributed by atoms with Crippen molar-refractivity contribution in [3.8, 4) is 16.9 Å². The van der Waals surface area contributed by atoms with Crippen molar-refractivity contribution in [1.29, 1.82) is 0 Å². The highest BCUT2D eigenvalue weighted by atomic mass is 32.2. The average Bonchev–Trinajstić information content (AvgIpc) is 3.08. The van der Waals surface area contributed by atoms with E-state index >= 15 is 0 Å². The summed E-state index contributed by atoms with van der Waals surface area (Å²) in [5, 5.41) is 13.7. The molecule has 4 rings (SSSR count). The number of carbonyl (C=O) groups excluding carboxylic acids is 1. The molecule has 8 heteroatoms. The maximum atomic E-state index is 12.7. The van der Waals surface area contributed by atoms with Crippen LogP contribution < -0.4 is 0 Å². The normalized spacial score (nSPS) is 14.8. The molecule has 0 fully saturated rings. The number of hydrogen-bond donors (Lipinski definition) is 1. The van der Waals surface area contributed by atoms with Crippen molar-refractivity contribution < 1.29 is 23.6 Å². The summed E-state index contributed by atoms with van der Waals surface area (Å²) in [5.41, 5.74) is 2.56. The first kappa shape index (κ1) is 18.1. The lowest BCUT2D eigenvalue weighted by molar-refractivity contribution is 0.0517. The number of hydrogen-bond acceptors (Lipinski definition) is 5. The van der Waals surface area contributed by atoms with Crippen LogP contribution in [-0.2, 0) is 21.3 Å². The molecule has 1 N–H and O–H groups in total. The Bertz CT molecular complexity index is 1140. The lowest BCUT2D eigenvalue weighted by Crippen LogP contribution is -2.12. The number of esters is 1. The molecule has 0 saturated carbocycles. The third-order valence-electron chi connectivity index (χ3n) is 4.45. The van der Waals surface area contributed by atoms with Gasteiger partial charge in [-0.15, -0.1) is 0 Å². The molecule has 7 nitrogen and oxygen atoms in total. The maximum Gasteiger partial charge on any atom is 0.359 e. The van der Waals surface area contributed by atoms with Gasteiger partial charge in [0.05, 0.1) is 40.1 Å². The van der Waals surface area contributed by atoms with E-state index in [0.717, 1.165) is 0 Å². The number of carboxylic acid groups (broad SMARTS) is 1. The van der Waals surface area contributed by atoms with Crippen molar-refractivity contribution in [3.05, 3.63) is 65.4 Å². The van der Waals surface area contributed by atoms with Gasteiger partial charge in [-0.05, 0) is 31.2 Å². The van der Waals surface area contributed by atoms with E-state index < -0.39 is 22.7 Å². The summed E-state index contributed by atoms with van der Waals surface area (Å²) in [6, 6.07) is 13.5. The van der Waals surface area contributed by atoms with Crippen molar-refractivity contribution in [2.75, 3.05) is 6.61 Å². The fraction of sp³-hybridized carbons (Fsp3) is 0.150. The summed E-state index contributed by atoms with van der Waals surface area (Å²) >= 11 is 0. The van der Waals surface area contributed by atoms with Crippen molar-refractivity contribution in [2.24, 2.45) is 0 Å². The minimum atomic E-state index is -1.32. The Morgan fingerprint density at radius 3 is 2.75 bits per heavy atom. The van der Waals surface area contributed by atoms with Gasteiger partial charge in [-0.3, -0.25) is 4.21 Å². The Morgan fingerprint density at radius 2 is 2.00 bits per heavy atom. The van der Waals surface area contributed by atoms with E-state index in [9.17, 15) is 18.9 Å². The molecule has 3 aromatic rings. The largest absolute Gasteiger partial charge is 0.478 e. The number of nitrogens with zero attached hydrogens (tertiary/aromatic N) is 2. The Labute approximate surface area is 163 Å². The zero-order chi connectivity index (χ0) is 19.8. The molecule has 0 radical (unpaired) electrons. The predicted octanol–water partition coefficient (Wildman–Crippen LogP) is 3.04. The van der Waals surface area contributed by atoms with Crippen LogP contribution in [0.1, 0.15) is 33.3 Å². The van der Waals surface area contributed by atoms with Crippen LogP contribution in [-0.4, -0.2) is 37.6 Å². The molecular formula is C20H16N2O5S. The molecule has 0 saturated heterocycles. The van der Waals surface area contributed by atoms with Crippen LogP contribution in [0, 0.1) is 0 Å². The second kappa shape index (κ2) is 7.05.